The van der Waals surface area contributed by atoms with Crippen LogP contribution in [-0.2, 0) is 15.6 Å². The van der Waals surface area contributed by atoms with Crippen molar-refractivity contribution in [1.82, 2.24) is 0 Å². The van der Waals surface area contributed by atoms with Crippen LogP contribution in [0.5, 0.6) is 5.75 Å². The highest BCUT2D eigenvalue weighted by atomic mass is 16.3. The zero-order valence-corrected chi connectivity index (χ0v) is 13.2. The number of aldehydes is 1. The molecule has 0 aromatic heterocycles. The van der Waals surface area contributed by atoms with Crippen LogP contribution in [-0.4, -0.2) is 11.4 Å². The quantitative estimate of drug-likeness (QED) is 0.807. The van der Waals surface area contributed by atoms with E-state index < -0.39 is 0 Å². The number of benzene rings is 1. The monoisotopic (exact) mass is 262 g/mol. The highest BCUT2D eigenvalue weighted by Crippen LogP contribution is 2.39. The molecule has 2 heteroatoms. The van der Waals surface area contributed by atoms with Crippen LogP contribution in [0.2, 0.25) is 0 Å². The van der Waals surface area contributed by atoms with Crippen molar-refractivity contribution >= 4 is 6.29 Å². The van der Waals surface area contributed by atoms with Crippen molar-refractivity contribution in [3.8, 4) is 5.75 Å². The number of carbonyl (C=O) groups is 1. The van der Waals surface area contributed by atoms with Crippen molar-refractivity contribution in [1.29, 1.82) is 0 Å². The summed E-state index contributed by atoms with van der Waals surface area (Å²) in [4.78, 5) is 11.1. The van der Waals surface area contributed by atoms with Gasteiger partial charge in [-0.15, -0.1) is 0 Å². The molecule has 106 valence electrons. The van der Waals surface area contributed by atoms with Crippen LogP contribution in [0.3, 0.4) is 0 Å². The molecule has 0 heterocycles. The number of aromatic hydroxyl groups is 1. The van der Waals surface area contributed by atoms with E-state index in [-0.39, 0.29) is 22.5 Å². The lowest BCUT2D eigenvalue weighted by Crippen LogP contribution is -2.18. The van der Waals surface area contributed by atoms with E-state index in [0.29, 0.717) is 0 Å². The Balaban J connectivity index is 3.61. The van der Waals surface area contributed by atoms with E-state index in [1.54, 1.807) is 0 Å². The second-order valence-electron chi connectivity index (χ2n) is 7.39. The topological polar surface area (TPSA) is 37.3 Å². The summed E-state index contributed by atoms with van der Waals surface area (Å²) in [6.45, 7) is 14.5. The fourth-order valence-electron chi connectivity index (χ4n) is 2.08. The molecule has 19 heavy (non-hydrogen) atoms. The van der Waals surface area contributed by atoms with E-state index in [2.05, 4.69) is 47.6 Å². The van der Waals surface area contributed by atoms with E-state index in [0.717, 1.165) is 23.0 Å². The Kier molecular flexibility index (Phi) is 4.14. The zero-order valence-electron chi connectivity index (χ0n) is 13.2. The van der Waals surface area contributed by atoms with Crippen LogP contribution in [0.15, 0.2) is 12.1 Å². The number of carbonyl (C=O) groups excluding carboxylic acids is 1. The Morgan fingerprint density at radius 3 is 1.95 bits per heavy atom. The molecule has 1 aromatic rings. The van der Waals surface area contributed by atoms with Gasteiger partial charge in [-0.3, -0.25) is 0 Å². The van der Waals surface area contributed by atoms with Crippen LogP contribution >= 0.6 is 0 Å². The largest absolute Gasteiger partial charge is 0.507 e. The third-order valence-corrected chi connectivity index (χ3v) is 3.51. The van der Waals surface area contributed by atoms with Gasteiger partial charge in [-0.2, -0.15) is 0 Å². The van der Waals surface area contributed by atoms with Gasteiger partial charge in [0.15, 0.2) is 0 Å². The van der Waals surface area contributed by atoms with Crippen LogP contribution < -0.4 is 0 Å². The molecule has 0 aliphatic heterocycles. The van der Waals surface area contributed by atoms with Gasteiger partial charge < -0.3 is 9.90 Å². The van der Waals surface area contributed by atoms with Gasteiger partial charge in [-0.05, 0) is 22.0 Å². The summed E-state index contributed by atoms with van der Waals surface area (Å²) < 4.78 is 0. The van der Waals surface area contributed by atoms with Gasteiger partial charge in [0.25, 0.3) is 0 Å². The summed E-state index contributed by atoms with van der Waals surface area (Å²) in [5.74, 6) is -0.0245. The number of rotatable bonds is 2. The minimum Gasteiger partial charge on any atom is -0.507 e. The molecule has 0 fully saturated rings. The lowest BCUT2D eigenvalue weighted by Gasteiger charge is -2.28. The van der Waals surface area contributed by atoms with Crippen molar-refractivity contribution in [3.05, 3.63) is 28.8 Å². The van der Waals surface area contributed by atoms with Crippen molar-refractivity contribution < 1.29 is 9.90 Å². The maximum absolute atomic E-state index is 11.1. The minimum absolute atomic E-state index is 0.00887. The second kappa shape index (κ2) is 4.99. The van der Waals surface area contributed by atoms with Crippen LogP contribution in [0.1, 0.15) is 71.1 Å². The third kappa shape index (κ3) is 3.37. The van der Waals surface area contributed by atoms with Crippen molar-refractivity contribution in [2.24, 2.45) is 0 Å². The van der Waals surface area contributed by atoms with E-state index in [4.69, 9.17) is 0 Å². The molecule has 0 saturated heterocycles. The van der Waals surface area contributed by atoms with Gasteiger partial charge >= 0.3 is 0 Å². The first-order chi connectivity index (χ1) is 8.48. The molecule has 0 radical (unpaired) electrons. The Hall–Kier alpha value is -1.31. The Labute approximate surface area is 116 Å². The van der Waals surface area contributed by atoms with Crippen LogP contribution in [0.4, 0.5) is 0 Å². The summed E-state index contributed by atoms with van der Waals surface area (Å²) in [7, 11) is 0. The first kappa shape index (κ1) is 15.7. The fraction of sp³-hybridized carbons (Fsp3) is 0.588. The summed E-state index contributed by atoms with van der Waals surface area (Å²) in [6.07, 6.45) is 0.883. The molecule has 1 unspecified atom stereocenters. The average molecular weight is 262 g/mol. The SMILES string of the molecule is CC(C=O)c1cc(C(C)(C)C)cc(C(C)(C)C)c1O. The molecule has 1 N–H and O–H groups in total. The summed E-state index contributed by atoms with van der Waals surface area (Å²) >= 11 is 0. The molecule has 0 aliphatic rings. The number of phenolic OH excluding ortho intramolecular Hbond substituents is 1. The smallest absolute Gasteiger partial charge is 0.127 e. The molecule has 0 aliphatic carbocycles. The average Bonchev–Trinajstić information content (AvgIpc) is 2.25. The summed E-state index contributed by atoms with van der Waals surface area (Å²) in [5.41, 5.74) is 2.63. The maximum atomic E-state index is 11.1. The van der Waals surface area contributed by atoms with Gasteiger partial charge in [0, 0.05) is 11.5 Å². The van der Waals surface area contributed by atoms with Crippen molar-refractivity contribution in [2.45, 2.75) is 65.2 Å². The highest BCUT2D eigenvalue weighted by molar-refractivity contribution is 5.65. The Morgan fingerprint density at radius 1 is 1.05 bits per heavy atom. The Bertz CT molecular complexity index is 473. The highest BCUT2D eigenvalue weighted by Gasteiger charge is 2.26. The van der Waals surface area contributed by atoms with E-state index >= 15 is 0 Å². The molecular formula is C17H26O2. The van der Waals surface area contributed by atoms with E-state index in [1.807, 2.05) is 13.0 Å². The lowest BCUT2D eigenvalue weighted by atomic mass is 9.77. The third-order valence-electron chi connectivity index (χ3n) is 3.51. The normalized spacial score (nSPS) is 14.3. The van der Waals surface area contributed by atoms with Gasteiger partial charge in [0.05, 0.1) is 0 Å². The van der Waals surface area contributed by atoms with E-state index in [1.165, 1.54) is 0 Å². The predicted octanol–water partition coefficient (Wildman–Crippen LogP) is 4.29. The molecule has 0 saturated carbocycles. The summed E-state index contributed by atoms with van der Waals surface area (Å²) in [6, 6.07) is 4.03. The molecular weight excluding hydrogens is 236 g/mol. The van der Waals surface area contributed by atoms with Gasteiger partial charge in [0.1, 0.15) is 12.0 Å². The first-order valence-electron chi connectivity index (χ1n) is 6.81. The lowest BCUT2D eigenvalue weighted by molar-refractivity contribution is -0.108. The predicted molar refractivity (Wildman–Crippen MR) is 80.0 cm³/mol. The van der Waals surface area contributed by atoms with Gasteiger partial charge in [-0.1, -0.05) is 60.6 Å². The molecule has 0 spiro atoms. The second-order valence-corrected chi connectivity index (χ2v) is 7.39. The van der Waals surface area contributed by atoms with Gasteiger partial charge in [-0.25, -0.2) is 0 Å². The van der Waals surface area contributed by atoms with Gasteiger partial charge in [0.2, 0.25) is 0 Å². The molecule has 2 nitrogen and oxygen atoms in total. The number of hydrogen-bond donors (Lipinski definition) is 1. The summed E-state index contributed by atoms with van der Waals surface area (Å²) in [5, 5.41) is 10.5. The molecule has 1 aromatic carbocycles. The fourth-order valence-corrected chi connectivity index (χ4v) is 2.08. The standard InChI is InChI=1S/C17H26O2/c1-11(10-18)13-8-12(16(2,3)4)9-14(15(13)19)17(5,6)7/h8-11,19H,1-7H3. The number of phenols is 1. The molecule has 1 rings (SSSR count). The van der Waals surface area contributed by atoms with Crippen molar-refractivity contribution in [3.63, 3.8) is 0 Å². The zero-order chi connectivity index (χ0) is 15.0. The first-order valence-corrected chi connectivity index (χ1v) is 6.81. The molecule has 1 atom stereocenters. The Morgan fingerprint density at radius 2 is 1.58 bits per heavy atom. The van der Waals surface area contributed by atoms with Crippen molar-refractivity contribution in [2.75, 3.05) is 0 Å². The number of hydrogen-bond acceptors (Lipinski definition) is 2. The molecule has 0 amide bonds. The minimum atomic E-state index is -0.289. The molecule has 0 bridgehead atoms. The van der Waals surface area contributed by atoms with E-state index in [9.17, 15) is 9.90 Å². The maximum Gasteiger partial charge on any atom is 0.127 e. The van der Waals surface area contributed by atoms with Crippen LogP contribution in [0.25, 0.3) is 0 Å². The van der Waals surface area contributed by atoms with Crippen LogP contribution in [0, 0.1) is 0 Å².